The van der Waals surface area contributed by atoms with Crippen LogP contribution in [0.25, 0.3) is 5.32 Å². The first kappa shape index (κ1) is 38.9. The molecule has 4 nitrogen and oxygen atoms in total. The van der Waals surface area contributed by atoms with E-state index in [9.17, 15) is 0 Å². The Morgan fingerprint density at radius 3 is 0.763 bits per heavy atom. The van der Waals surface area contributed by atoms with E-state index < -0.39 is 0 Å². The molecule has 0 aromatic heterocycles. The van der Waals surface area contributed by atoms with Crippen molar-refractivity contribution >= 4 is 0 Å². The van der Waals surface area contributed by atoms with Crippen LogP contribution in [0.15, 0.2) is 0 Å². The van der Waals surface area contributed by atoms with Gasteiger partial charge in [-0.15, -0.1) is 0 Å². The third-order valence-electron chi connectivity index (χ3n) is 8.04. The van der Waals surface area contributed by atoms with E-state index in [4.69, 9.17) is 10.5 Å². The summed E-state index contributed by atoms with van der Waals surface area (Å²) in [5, 5.41) is 17.4. The largest absolute Gasteiger partial charge is 0.385 e. The summed E-state index contributed by atoms with van der Waals surface area (Å²) in [6.45, 7) is 15.3. The second-order valence-electron chi connectivity index (χ2n) is 11.6. The van der Waals surface area contributed by atoms with Crippen LogP contribution < -0.4 is 0 Å². The highest BCUT2D eigenvalue weighted by Crippen LogP contribution is 2.20. The Bertz CT molecular complexity index is 438. The first-order valence-corrected chi connectivity index (χ1v) is 17.0. The average molecular weight is 533 g/mol. The van der Waals surface area contributed by atoms with Crippen molar-refractivity contribution in [3.63, 3.8) is 0 Å². The second-order valence-corrected chi connectivity index (χ2v) is 11.6. The van der Waals surface area contributed by atoms with Crippen LogP contribution in [0.4, 0.5) is 0 Å². The molecule has 0 aliphatic rings. The lowest BCUT2D eigenvalue weighted by molar-refractivity contribution is -0.929. The van der Waals surface area contributed by atoms with Gasteiger partial charge in [-0.25, -0.2) is 0 Å². The van der Waals surface area contributed by atoms with Crippen molar-refractivity contribution in [2.24, 2.45) is 0 Å². The predicted molar refractivity (Wildman–Crippen MR) is 168 cm³/mol. The van der Waals surface area contributed by atoms with E-state index in [0.29, 0.717) is 0 Å². The van der Waals surface area contributed by atoms with Gasteiger partial charge in [0.2, 0.25) is 0 Å². The molecule has 4 heteroatoms. The first-order valence-electron chi connectivity index (χ1n) is 17.0. The molecule has 0 atom stereocenters. The maximum atomic E-state index is 7.43. The molecule has 0 unspecified atom stereocenters. The predicted octanol–water partition coefficient (Wildman–Crippen LogP) is 11.6. The van der Waals surface area contributed by atoms with Crippen LogP contribution in [0, 0.1) is 22.9 Å². The van der Waals surface area contributed by atoms with E-state index in [1.54, 1.807) is 0 Å². The summed E-state index contributed by atoms with van der Waals surface area (Å²) in [6, 6.07) is 0. The quantitative estimate of drug-likeness (QED) is 0.0571. The third-order valence-corrected chi connectivity index (χ3v) is 8.04. The van der Waals surface area contributed by atoms with Gasteiger partial charge in [0.15, 0.2) is 0 Å². The maximum Gasteiger partial charge on any atom is 0.0786 e. The van der Waals surface area contributed by atoms with E-state index in [1.165, 1.54) is 197 Å². The van der Waals surface area contributed by atoms with Crippen molar-refractivity contribution in [2.45, 2.75) is 182 Å². The zero-order chi connectivity index (χ0) is 28.4. The van der Waals surface area contributed by atoms with Gasteiger partial charge in [0.05, 0.1) is 26.2 Å². The smallest absolute Gasteiger partial charge is 0.0786 e. The van der Waals surface area contributed by atoms with E-state index in [1.807, 2.05) is 0 Å². The lowest BCUT2D eigenvalue weighted by Crippen LogP contribution is -2.50. The molecule has 0 heterocycles. The average Bonchev–Trinajstić information content (AvgIpc) is 2.93. The summed E-state index contributed by atoms with van der Waals surface area (Å²) in [5.74, 6) is 0. The maximum absolute atomic E-state index is 7.43. The Hall–Kier alpha value is -1.26. The summed E-state index contributed by atoms with van der Waals surface area (Å²) < 4.78 is 1.48. The lowest BCUT2D eigenvalue weighted by Gasteiger charge is -2.40. The fraction of sp³-hybridized carbons (Fsp3) is 0.941. The number of hydrogen-bond donors (Lipinski definition) is 0. The van der Waals surface area contributed by atoms with Gasteiger partial charge in [-0.05, 0) is 51.4 Å². The van der Waals surface area contributed by atoms with Gasteiger partial charge in [0, 0.05) is 12.4 Å². The number of nitriles is 2. The second kappa shape index (κ2) is 33.8. The molecule has 38 heavy (non-hydrogen) atoms. The van der Waals surface area contributed by atoms with Gasteiger partial charge < -0.3 is 15.0 Å². The Morgan fingerprint density at radius 1 is 0.368 bits per heavy atom. The van der Waals surface area contributed by atoms with Gasteiger partial charge in [-0.2, -0.15) is 0 Å². The highest BCUT2D eigenvalue weighted by atomic mass is 15.3. The van der Waals surface area contributed by atoms with Crippen LogP contribution in [0.3, 0.4) is 0 Å². The molecular formula is C34H68N4. The van der Waals surface area contributed by atoms with Crippen molar-refractivity contribution in [1.82, 2.24) is 0 Å². The molecule has 224 valence electrons. The normalized spacial score (nSPS) is 10.9. The van der Waals surface area contributed by atoms with Gasteiger partial charge in [-0.3, -0.25) is 5.32 Å². The summed E-state index contributed by atoms with van der Waals surface area (Å²) in [7, 11) is 0. The topological polar surface area (TPSA) is 61.7 Å². The van der Waals surface area contributed by atoms with Crippen molar-refractivity contribution in [3.05, 3.63) is 5.32 Å². The SMILES string of the molecule is CCCCCCCC[N+](CCCCCCCC)(CCCCCCCC)CCCCCCCC.N#C[N-]C#N. The molecule has 0 aliphatic carbocycles. The summed E-state index contributed by atoms with van der Waals surface area (Å²) in [6.07, 6.45) is 37.3. The number of hydrogen-bond acceptors (Lipinski definition) is 2. The Kier molecular flexibility index (Phi) is 34.6. The molecule has 0 radical (unpaired) electrons. The minimum absolute atomic E-state index is 1.28. The molecule has 0 N–H and O–H groups in total. The van der Waals surface area contributed by atoms with Gasteiger partial charge >= 0.3 is 0 Å². The van der Waals surface area contributed by atoms with E-state index >= 15 is 0 Å². The molecule has 0 amide bonds. The highest BCUT2D eigenvalue weighted by Gasteiger charge is 2.25. The van der Waals surface area contributed by atoms with Crippen LogP contribution in [0.1, 0.15) is 182 Å². The van der Waals surface area contributed by atoms with Crippen molar-refractivity contribution in [1.29, 1.82) is 10.5 Å². The van der Waals surface area contributed by atoms with E-state index in [-0.39, 0.29) is 0 Å². The van der Waals surface area contributed by atoms with Crippen LogP contribution in [-0.4, -0.2) is 30.7 Å². The molecule has 0 saturated heterocycles. The van der Waals surface area contributed by atoms with Gasteiger partial charge in [0.1, 0.15) is 0 Å². The van der Waals surface area contributed by atoms with E-state index in [0.717, 1.165) is 0 Å². The zero-order valence-electron chi connectivity index (χ0n) is 26.6. The van der Waals surface area contributed by atoms with Crippen LogP contribution in [0.2, 0.25) is 0 Å². The molecule has 0 aromatic carbocycles. The van der Waals surface area contributed by atoms with Crippen molar-refractivity contribution in [2.75, 3.05) is 26.2 Å². The summed E-state index contributed by atoms with van der Waals surface area (Å²) >= 11 is 0. The van der Waals surface area contributed by atoms with Crippen molar-refractivity contribution < 1.29 is 4.48 Å². The Balaban J connectivity index is 0. The minimum atomic E-state index is 1.28. The lowest BCUT2D eigenvalue weighted by atomic mass is 10.0. The minimum Gasteiger partial charge on any atom is -0.385 e. The number of nitrogens with zero attached hydrogens (tertiary/aromatic N) is 4. The molecule has 0 fully saturated rings. The van der Waals surface area contributed by atoms with Gasteiger partial charge in [0.25, 0.3) is 0 Å². The first-order chi connectivity index (χ1) is 18.7. The molecular weight excluding hydrogens is 464 g/mol. The Labute approximate surface area is 240 Å². The molecule has 0 spiro atoms. The monoisotopic (exact) mass is 533 g/mol. The number of unbranched alkanes of at least 4 members (excludes halogenated alkanes) is 20. The highest BCUT2D eigenvalue weighted by molar-refractivity contribution is 5.12. The summed E-state index contributed by atoms with van der Waals surface area (Å²) in [5.41, 5.74) is 0. The van der Waals surface area contributed by atoms with Crippen molar-refractivity contribution in [3.8, 4) is 12.4 Å². The molecule has 0 aliphatic heterocycles. The summed E-state index contributed by atoms with van der Waals surface area (Å²) in [4.78, 5) is 0. The molecule has 0 rings (SSSR count). The Morgan fingerprint density at radius 2 is 0.579 bits per heavy atom. The standard InChI is InChI=1S/C32H68N.C2N3/c1-5-9-13-17-21-25-29-33(30-26-22-18-14-10-6-2,31-27-23-19-15-11-7-3)32-28-24-20-16-12-8-4;3-1-5-2-4/h5-32H2,1-4H3;/q+1;-1. The third kappa shape index (κ3) is 29.3. The fourth-order valence-corrected chi connectivity index (χ4v) is 5.60. The van der Waals surface area contributed by atoms with Crippen LogP contribution in [-0.2, 0) is 0 Å². The van der Waals surface area contributed by atoms with Gasteiger partial charge in [-0.1, -0.05) is 130 Å². The molecule has 0 saturated carbocycles. The zero-order valence-corrected chi connectivity index (χ0v) is 26.6. The van der Waals surface area contributed by atoms with Crippen LogP contribution in [0.5, 0.6) is 0 Å². The molecule has 0 aromatic rings. The number of quaternary nitrogens is 1. The fourth-order valence-electron chi connectivity index (χ4n) is 5.60. The molecule has 0 bridgehead atoms. The number of rotatable bonds is 28. The van der Waals surface area contributed by atoms with Crippen LogP contribution >= 0.6 is 0 Å². The van der Waals surface area contributed by atoms with E-state index in [2.05, 4.69) is 33.0 Å².